The summed E-state index contributed by atoms with van der Waals surface area (Å²) in [6.07, 6.45) is 1.83. The molecule has 0 saturated heterocycles. The Morgan fingerprint density at radius 3 is 2.63 bits per heavy atom. The molecule has 2 aliphatic carbocycles. The van der Waals surface area contributed by atoms with E-state index >= 15 is 0 Å². The number of hydrogen-bond donors (Lipinski definition) is 0. The first-order valence-electron chi connectivity index (χ1n) is 6.42. The summed E-state index contributed by atoms with van der Waals surface area (Å²) < 4.78 is 0.965. The monoisotopic (exact) mass is 310 g/mol. The molecule has 4 rings (SSSR count). The van der Waals surface area contributed by atoms with Crippen LogP contribution in [0.15, 0.2) is 52.5 Å². The number of ketones is 1. The summed E-state index contributed by atoms with van der Waals surface area (Å²) in [5.74, 6) is 0.209. The predicted molar refractivity (Wildman–Crippen MR) is 79.3 cm³/mol. The SMILES string of the molecule is O=C1C2=C(c3ccccc3CC2)c2ccc(Br)cc21. The number of rotatable bonds is 0. The van der Waals surface area contributed by atoms with E-state index in [0.29, 0.717) is 0 Å². The number of aryl methyl sites for hydroxylation is 1. The highest BCUT2D eigenvalue weighted by Gasteiger charge is 2.33. The van der Waals surface area contributed by atoms with Crippen molar-refractivity contribution < 1.29 is 4.79 Å². The number of hydrogen-bond acceptors (Lipinski definition) is 1. The second-order valence-electron chi connectivity index (χ2n) is 5.03. The van der Waals surface area contributed by atoms with Crippen LogP contribution in [0.5, 0.6) is 0 Å². The lowest BCUT2D eigenvalue weighted by Crippen LogP contribution is -2.06. The van der Waals surface area contributed by atoms with Crippen molar-refractivity contribution in [3.05, 3.63) is 74.8 Å². The molecule has 0 spiro atoms. The van der Waals surface area contributed by atoms with E-state index in [9.17, 15) is 4.79 Å². The molecule has 2 aromatic rings. The number of carbonyl (C=O) groups is 1. The van der Waals surface area contributed by atoms with Gasteiger partial charge in [-0.15, -0.1) is 0 Å². The number of allylic oxidation sites excluding steroid dienone is 1. The Morgan fingerprint density at radius 1 is 0.895 bits per heavy atom. The fourth-order valence-electron chi connectivity index (χ4n) is 3.15. The van der Waals surface area contributed by atoms with E-state index in [0.717, 1.165) is 39.6 Å². The maximum Gasteiger partial charge on any atom is 0.190 e. The Kier molecular flexibility index (Phi) is 2.30. The van der Waals surface area contributed by atoms with Gasteiger partial charge < -0.3 is 0 Å². The number of halogens is 1. The van der Waals surface area contributed by atoms with Crippen LogP contribution >= 0.6 is 15.9 Å². The van der Waals surface area contributed by atoms with E-state index in [1.165, 1.54) is 11.1 Å². The Morgan fingerprint density at radius 2 is 1.74 bits per heavy atom. The first-order chi connectivity index (χ1) is 9.25. The average Bonchev–Trinajstić information content (AvgIpc) is 2.72. The molecule has 2 aromatic carbocycles. The van der Waals surface area contributed by atoms with Crippen LogP contribution in [0.4, 0.5) is 0 Å². The maximum atomic E-state index is 12.5. The fraction of sp³-hybridized carbons (Fsp3) is 0.118. The van der Waals surface area contributed by atoms with E-state index < -0.39 is 0 Å². The Bertz CT molecular complexity index is 756. The average molecular weight is 311 g/mol. The van der Waals surface area contributed by atoms with Gasteiger partial charge in [-0.05, 0) is 47.2 Å². The first-order valence-corrected chi connectivity index (χ1v) is 7.21. The topological polar surface area (TPSA) is 17.1 Å². The van der Waals surface area contributed by atoms with Gasteiger partial charge in [-0.2, -0.15) is 0 Å². The molecule has 2 heteroatoms. The third-order valence-electron chi connectivity index (χ3n) is 4.00. The lowest BCUT2D eigenvalue weighted by Gasteiger charge is -2.18. The first kappa shape index (κ1) is 11.2. The van der Waals surface area contributed by atoms with Crippen LogP contribution in [0.3, 0.4) is 0 Å². The summed E-state index contributed by atoms with van der Waals surface area (Å²) in [6, 6.07) is 14.4. The Balaban J connectivity index is 2.03. The maximum absolute atomic E-state index is 12.5. The second-order valence-corrected chi connectivity index (χ2v) is 5.95. The van der Waals surface area contributed by atoms with Gasteiger partial charge in [0.05, 0.1) is 0 Å². The van der Waals surface area contributed by atoms with E-state index in [4.69, 9.17) is 0 Å². The number of benzene rings is 2. The van der Waals surface area contributed by atoms with Crippen LogP contribution in [0, 0.1) is 0 Å². The van der Waals surface area contributed by atoms with Gasteiger partial charge in [-0.1, -0.05) is 46.3 Å². The molecular formula is C17H11BrO. The summed E-state index contributed by atoms with van der Waals surface area (Å²) in [5, 5.41) is 0. The van der Waals surface area contributed by atoms with Gasteiger partial charge in [0.15, 0.2) is 5.78 Å². The summed E-state index contributed by atoms with van der Waals surface area (Å²) in [6.45, 7) is 0. The van der Waals surface area contributed by atoms with Crippen molar-refractivity contribution in [3.63, 3.8) is 0 Å². The molecule has 0 heterocycles. The van der Waals surface area contributed by atoms with Crippen LogP contribution in [0.25, 0.3) is 5.57 Å². The van der Waals surface area contributed by atoms with E-state index in [-0.39, 0.29) is 5.78 Å². The molecule has 0 unspecified atom stereocenters. The normalized spacial score (nSPS) is 16.2. The predicted octanol–water partition coefficient (Wildman–Crippen LogP) is 4.39. The molecule has 0 amide bonds. The third kappa shape index (κ3) is 1.50. The number of Topliss-reactive ketones (excluding diaryl/α,β-unsaturated/α-hetero) is 1. The van der Waals surface area contributed by atoms with E-state index in [1.807, 2.05) is 12.1 Å². The van der Waals surface area contributed by atoms with Crippen molar-refractivity contribution in [1.82, 2.24) is 0 Å². The van der Waals surface area contributed by atoms with Gasteiger partial charge in [-0.3, -0.25) is 4.79 Å². The van der Waals surface area contributed by atoms with E-state index in [2.05, 4.69) is 46.3 Å². The largest absolute Gasteiger partial charge is 0.289 e. The van der Waals surface area contributed by atoms with Crippen molar-refractivity contribution in [2.45, 2.75) is 12.8 Å². The highest BCUT2D eigenvalue weighted by molar-refractivity contribution is 9.10. The molecule has 0 aromatic heterocycles. The quantitative estimate of drug-likeness (QED) is 0.705. The molecule has 0 radical (unpaired) electrons. The highest BCUT2D eigenvalue weighted by atomic mass is 79.9. The smallest absolute Gasteiger partial charge is 0.190 e. The number of fused-ring (bicyclic) bond motifs is 4. The lowest BCUT2D eigenvalue weighted by molar-refractivity contribution is 0.103. The van der Waals surface area contributed by atoms with Crippen LogP contribution in [0.2, 0.25) is 0 Å². The lowest BCUT2D eigenvalue weighted by atomic mass is 9.85. The van der Waals surface area contributed by atoms with Gasteiger partial charge in [-0.25, -0.2) is 0 Å². The van der Waals surface area contributed by atoms with Crippen molar-refractivity contribution in [2.24, 2.45) is 0 Å². The zero-order chi connectivity index (χ0) is 13.0. The van der Waals surface area contributed by atoms with Gasteiger partial charge in [0, 0.05) is 15.6 Å². The molecular weight excluding hydrogens is 300 g/mol. The molecule has 0 aliphatic heterocycles. The van der Waals surface area contributed by atoms with Crippen LogP contribution in [-0.4, -0.2) is 5.78 Å². The Labute approximate surface area is 120 Å². The molecule has 92 valence electrons. The second kappa shape index (κ2) is 3.91. The zero-order valence-electron chi connectivity index (χ0n) is 10.2. The molecule has 0 N–H and O–H groups in total. The summed E-state index contributed by atoms with van der Waals surface area (Å²) >= 11 is 3.45. The van der Waals surface area contributed by atoms with Gasteiger partial charge in [0.25, 0.3) is 0 Å². The minimum Gasteiger partial charge on any atom is -0.289 e. The highest BCUT2D eigenvalue weighted by Crippen LogP contribution is 2.44. The molecule has 2 aliphatic rings. The van der Waals surface area contributed by atoms with Crippen LogP contribution < -0.4 is 0 Å². The molecule has 0 atom stereocenters. The summed E-state index contributed by atoms with van der Waals surface area (Å²) in [4.78, 5) is 12.5. The van der Waals surface area contributed by atoms with Crippen molar-refractivity contribution in [1.29, 1.82) is 0 Å². The van der Waals surface area contributed by atoms with E-state index in [1.54, 1.807) is 0 Å². The molecule has 0 bridgehead atoms. The standard InChI is InChI=1S/C17H11BrO/c18-11-6-8-13-15(9-11)17(19)14-7-5-10-3-1-2-4-12(10)16(13)14/h1-4,6,8-9H,5,7H2. The van der Waals surface area contributed by atoms with Crippen molar-refractivity contribution >= 4 is 27.3 Å². The zero-order valence-corrected chi connectivity index (χ0v) is 11.8. The molecule has 19 heavy (non-hydrogen) atoms. The fourth-order valence-corrected chi connectivity index (χ4v) is 3.51. The molecule has 0 fully saturated rings. The van der Waals surface area contributed by atoms with Gasteiger partial charge >= 0.3 is 0 Å². The van der Waals surface area contributed by atoms with Crippen molar-refractivity contribution in [2.75, 3.05) is 0 Å². The molecule has 0 saturated carbocycles. The third-order valence-corrected chi connectivity index (χ3v) is 4.50. The van der Waals surface area contributed by atoms with Gasteiger partial charge in [0.1, 0.15) is 0 Å². The minimum atomic E-state index is 0.209. The minimum absolute atomic E-state index is 0.209. The number of carbonyl (C=O) groups excluding carboxylic acids is 1. The Hall–Kier alpha value is -1.67. The van der Waals surface area contributed by atoms with Gasteiger partial charge in [0.2, 0.25) is 0 Å². The van der Waals surface area contributed by atoms with Crippen LogP contribution in [-0.2, 0) is 6.42 Å². The summed E-state index contributed by atoms with van der Waals surface area (Å²) in [5.41, 5.74) is 6.68. The molecule has 1 nitrogen and oxygen atoms in total. The summed E-state index contributed by atoms with van der Waals surface area (Å²) in [7, 11) is 0. The van der Waals surface area contributed by atoms with Crippen molar-refractivity contribution in [3.8, 4) is 0 Å². The van der Waals surface area contributed by atoms with Crippen LogP contribution in [0.1, 0.15) is 33.5 Å².